The summed E-state index contributed by atoms with van der Waals surface area (Å²) >= 11 is 7.39. The lowest BCUT2D eigenvalue weighted by Crippen LogP contribution is -2.12. The monoisotopic (exact) mass is 465 g/mol. The number of fused-ring (bicyclic) bond motifs is 5. The van der Waals surface area contributed by atoms with Crippen molar-refractivity contribution in [2.75, 3.05) is 0 Å². The molecule has 0 aliphatic carbocycles. The zero-order chi connectivity index (χ0) is 22.2. The number of alkyl halides is 3. The minimum absolute atomic E-state index is 0.269. The number of thiophene rings is 1. The van der Waals surface area contributed by atoms with Crippen LogP contribution in [0.5, 0.6) is 0 Å². The number of aryl methyl sites for hydroxylation is 2. The maximum Gasteiger partial charge on any atom is 0.433 e. The molecule has 0 spiro atoms. The number of nitrogens with zero attached hydrogens (tertiary/aromatic N) is 7. The molecule has 5 heterocycles. The zero-order valence-electron chi connectivity index (χ0n) is 16.8. The van der Waals surface area contributed by atoms with E-state index in [0.29, 0.717) is 43.4 Å². The molecule has 0 fully saturated rings. The van der Waals surface area contributed by atoms with E-state index in [4.69, 9.17) is 11.6 Å². The number of aromatic nitrogens is 7. The summed E-state index contributed by atoms with van der Waals surface area (Å²) in [7, 11) is 0. The highest BCUT2D eigenvalue weighted by atomic mass is 35.5. The quantitative estimate of drug-likeness (QED) is 0.354. The van der Waals surface area contributed by atoms with Gasteiger partial charge in [0.15, 0.2) is 11.5 Å². The van der Waals surface area contributed by atoms with Gasteiger partial charge in [0.05, 0.1) is 21.9 Å². The third kappa shape index (κ3) is 2.98. The Hall–Kier alpha value is -2.79. The van der Waals surface area contributed by atoms with Crippen LogP contribution in [0.2, 0.25) is 5.02 Å². The zero-order valence-corrected chi connectivity index (χ0v) is 18.4. The maximum atomic E-state index is 13.2. The summed E-state index contributed by atoms with van der Waals surface area (Å²) in [4.78, 5) is 13.2. The molecular formula is C19H15ClF3N7S. The Bertz CT molecular complexity index is 1500. The van der Waals surface area contributed by atoms with E-state index in [1.807, 2.05) is 20.8 Å². The molecule has 0 aliphatic heterocycles. The van der Waals surface area contributed by atoms with Crippen LogP contribution < -0.4 is 0 Å². The second kappa shape index (κ2) is 6.60. The highest BCUT2D eigenvalue weighted by Gasteiger charge is 2.34. The van der Waals surface area contributed by atoms with Crippen LogP contribution >= 0.6 is 22.9 Å². The fourth-order valence-electron chi connectivity index (χ4n) is 3.68. The van der Waals surface area contributed by atoms with E-state index >= 15 is 0 Å². The van der Waals surface area contributed by atoms with Crippen molar-refractivity contribution in [3.05, 3.63) is 45.9 Å². The molecule has 1 unspecified atom stereocenters. The van der Waals surface area contributed by atoms with Gasteiger partial charge in [-0.05, 0) is 39.3 Å². The molecule has 5 aromatic heterocycles. The second-order valence-electron chi connectivity index (χ2n) is 7.37. The van der Waals surface area contributed by atoms with Gasteiger partial charge in [0.1, 0.15) is 27.6 Å². The summed E-state index contributed by atoms with van der Waals surface area (Å²) in [6.45, 7) is 7.22. The van der Waals surface area contributed by atoms with Crippen molar-refractivity contribution in [3.8, 4) is 0 Å². The molecule has 0 bridgehead atoms. The van der Waals surface area contributed by atoms with Crippen molar-refractivity contribution in [2.45, 2.75) is 39.9 Å². The van der Waals surface area contributed by atoms with E-state index in [-0.39, 0.29) is 10.9 Å². The fourth-order valence-corrected chi connectivity index (χ4v) is 4.98. The summed E-state index contributed by atoms with van der Waals surface area (Å²) < 4.78 is 43.5. The van der Waals surface area contributed by atoms with Gasteiger partial charge >= 0.3 is 6.18 Å². The van der Waals surface area contributed by atoms with Crippen molar-refractivity contribution in [1.29, 1.82) is 0 Å². The third-order valence-electron chi connectivity index (χ3n) is 5.25. The molecule has 1 atom stereocenters. The predicted octanol–water partition coefficient (Wildman–Crippen LogP) is 5.29. The SMILES string of the molecule is Cc1nn(C(C)c2nc3c4sc5nc(C(F)(F)F)cc(C)c5c4ncn3n2)c(C)c1Cl. The number of halogens is 4. The molecule has 7 nitrogen and oxygen atoms in total. The van der Waals surface area contributed by atoms with Crippen LogP contribution in [0.3, 0.4) is 0 Å². The van der Waals surface area contributed by atoms with Gasteiger partial charge < -0.3 is 0 Å². The molecular weight excluding hydrogens is 451 g/mol. The standard InChI is InChI=1S/C19H15ClF3N7S/c1-7-5-11(19(21,22)23)25-18-12(7)14-15(31-18)17-26-16(28-29(17)6-24-14)10(4)30-9(3)13(20)8(2)27-30/h5-6,10H,1-4H3. The lowest BCUT2D eigenvalue weighted by atomic mass is 10.1. The first kappa shape index (κ1) is 20.1. The molecule has 0 amide bonds. The summed E-state index contributed by atoms with van der Waals surface area (Å²) in [6, 6.07) is 0.747. The first-order chi connectivity index (χ1) is 14.6. The van der Waals surface area contributed by atoms with E-state index < -0.39 is 11.9 Å². The van der Waals surface area contributed by atoms with Crippen LogP contribution in [0.25, 0.3) is 26.1 Å². The van der Waals surface area contributed by atoms with Crippen LogP contribution in [0.1, 0.15) is 41.4 Å². The third-order valence-corrected chi connectivity index (χ3v) is 6.86. The summed E-state index contributed by atoms with van der Waals surface area (Å²) in [5.74, 6) is 0.495. The van der Waals surface area contributed by atoms with E-state index in [1.165, 1.54) is 10.8 Å². The van der Waals surface area contributed by atoms with Crippen LogP contribution in [0.4, 0.5) is 13.2 Å². The largest absolute Gasteiger partial charge is 0.433 e. The van der Waals surface area contributed by atoms with E-state index in [0.717, 1.165) is 23.1 Å². The molecule has 0 saturated carbocycles. The Balaban J connectivity index is 1.71. The molecule has 0 N–H and O–H groups in total. The minimum atomic E-state index is -4.52. The summed E-state index contributed by atoms with van der Waals surface area (Å²) in [5, 5.41) is 10.2. The number of rotatable bonds is 2. The van der Waals surface area contributed by atoms with Crippen LogP contribution in [0, 0.1) is 20.8 Å². The second-order valence-corrected chi connectivity index (χ2v) is 8.75. The first-order valence-corrected chi connectivity index (χ1v) is 10.5. The number of hydrogen-bond donors (Lipinski definition) is 0. The Morgan fingerprint density at radius 1 is 1.13 bits per heavy atom. The van der Waals surface area contributed by atoms with Crippen LogP contribution in [0.15, 0.2) is 12.4 Å². The molecule has 0 radical (unpaired) electrons. The molecule has 12 heteroatoms. The topological polar surface area (TPSA) is 73.8 Å². The summed E-state index contributed by atoms with van der Waals surface area (Å²) in [5.41, 5.74) is 2.13. The van der Waals surface area contributed by atoms with Gasteiger partial charge in [-0.2, -0.15) is 18.3 Å². The van der Waals surface area contributed by atoms with Crippen molar-refractivity contribution in [3.63, 3.8) is 0 Å². The van der Waals surface area contributed by atoms with Crippen molar-refractivity contribution < 1.29 is 13.2 Å². The summed E-state index contributed by atoms with van der Waals surface area (Å²) in [6.07, 6.45) is -3.01. The lowest BCUT2D eigenvalue weighted by Gasteiger charge is -2.10. The molecule has 5 aromatic rings. The van der Waals surface area contributed by atoms with Gasteiger partial charge in [0, 0.05) is 5.39 Å². The van der Waals surface area contributed by atoms with Gasteiger partial charge in [-0.3, -0.25) is 4.68 Å². The molecule has 0 saturated heterocycles. The lowest BCUT2D eigenvalue weighted by molar-refractivity contribution is -0.141. The Kier molecular flexibility index (Phi) is 4.29. The Morgan fingerprint density at radius 2 is 1.87 bits per heavy atom. The molecule has 160 valence electrons. The van der Waals surface area contributed by atoms with Crippen molar-refractivity contribution in [1.82, 2.24) is 34.3 Å². The van der Waals surface area contributed by atoms with E-state index in [9.17, 15) is 13.2 Å². The van der Waals surface area contributed by atoms with Gasteiger partial charge in [-0.25, -0.2) is 19.5 Å². The smallest absolute Gasteiger partial charge is 0.258 e. The first-order valence-electron chi connectivity index (χ1n) is 9.29. The number of pyridine rings is 1. The average molecular weight is 466 g/mol. The predicted molar refractivity (Wildman–Crippen MR) is 112 cm³/mol. The van der Waals surface area contributed by atoms with E-state index in [2.05, 4.69) is 25.1 Å². The van der Waals surface area contributed by atoms with E-state index in [1.54, 1.807) is 11.6 Å². The highest BCUT2D eigenvalue weighted by molar-refractivity contribution is 7.26. The van der Waals surface area contributed by atoms with Crippen molar-refractivity contribution in [2.24, 2.45) is 0 Å². The normalized spacial score (nSPS) is 13.7. The fraction of sp³-hybridized carbons (Fsp3) is 0.316. The van der Waals surface area contributed by atoms with Gasteiger partial charge in [0.25, 0.3) is 0 Å². The number of hydrogen-bond acceptors (Lipinski definition) is 6. The van der Waals surface area contributed by atoms with Crippen molar-refractivity contribution >= 4 is 49.0 Å². The van der Waals surface area contributed by atoms with Crippen LogP contribution in [-0.2, 0) is 6.18 Å². The van der Waals surface area contributed by atoms with Gasteiger partial charge in [0.2, 0.25) is 0 Å². The minimum Gasteiger partial charge on any atom is -0.258 e. The molecule has 0 aliphatic rings. The molecule has 31 heavy (non-hydrogen) atoms. The highest BCUT2D eigenvalue weighted by Crippen LogP contribution is 2.38. The maximum absolute atomic E-state index is 13.2. The van der Waals surface area contributed by atoms with Crippen LogP contribution in [-0.4, -0.2) is 34.3 Å². The molecule has 5 rings (SSSR count). The Labute approximate surface area is 182 Å². The Morgan fingerprint density at radius 3 is 2.52 bits per heavy atom. The average Bonchev–Trinajstić information content (AvgIpc) is 3.36. The van der Waals surface area contributed by atoms with Gasteiger partial charge in [-0.1, -0.05) is 11.6 Å². The molecule has 0 aromatic carbocycles. The van der Waals surface area contributed by atoms with Gasteiger partial charge in [-0.15, -0.1) is 16.4 Å².